The molecule has 1 fully saturated rings. The monoisotopic (exact) mass is 351 g/mol. The van der Waals surface area contributed by atoms with Gasteiger partial charge in [0.25, 0.3) is 0 Å². The van der Waals surface area contributed by atoms with Crippen molar-refractivity contribution in [1.29, 1.82) is 0 Å². The van der Waals surface area contributed by atoms with Gasteiger partial charge in [-0.1, -0.05) is 42.0 Å². The molecule has 0 atom stereocenters. The van der Waals surface area contributed by atoms with Crippen LogP contribution in [0.15, 0.2) is 54.7 Å². The number of aryl methyl sites for hydroxylation is 1. The molecule has 1 aliphatic heterocycles. The van der Waals surface area contributed by atoms with Gasteiger partial charge in [-0.3, -0.25) is 0 Å². The number of hydrogen-bond donors (Lipinski definition) is 1. The number of nitrogens with one attached hydrogen (secondary N) is 1. The van der Waals surface area contributed by atoms with Crippen molar-refractivity contribution in [3.63, 3.8) is 0 Å². The fourth-order valence-corrected chi connectivity index (χ4v) is 3.02. The maximum Gasteiger partial charge on any atom is 0.321 e. The van der Waals surface area contributed by atoms with Gasteiger partial charge in [-0.2, -0.15) is 0 Å². The first kappa shape index (κ1) is 17.9. The lowest BCUT2D eigenvalue weighted by atomic mass is 10.1. The molecule has 2 aromatic carbocycles. The van der Waals surface area contributed by atoms with Crippen LogP contribution in [0.25, 0.3) is 6.08 Å². The number of carbonyl (C=O) groups excluding carboxylic acids is 1. The van der Waals surface area contributed by atoms with E-state index in [0.717, 1.165) is 30.1 Å². The van der Waals surface area contributed by atoms with Crippen LogP contribution in [0.4, 0.5) is 10.5 Å². The van der Waals surface area contributed by atoms with Gasteiger partial charge < -0.3 is 19.9 Å². The minimum absolute atomic E-state index is 0.0620. The highest BCUT2D eigenvalue weighted by Crippen LogP contribution is 2.28. The highest BCUT2D eigenvalue weighted by atomic mass is 16.5. The Labute approximate surface area is 154 Å². The number of ether oxygens (including phenoxy) is 1. The Kier molecular flexibility index (Phi) is 5.79. The lowest BCUT2D eigenvalue weighted by Gasteiger charge is -2.36. The minimum Gasteiger partial charge on any atom is -0.495 e. The van der Waals surface area contributed by atoms with E-state index in [9.17, 15) is 4.79 Å². The Balaban J connectivity index is 1.51. The Morgan fingerprint density at radius 2 is 1.73 bits per heavy atom. The van der Waals surface area contributed by atoms with Crippen LogP contribution in [0, 0.1) is 6.92 Å². The number of piperazine rings is 1. The molecule has 1 aliphatic rings. The molecule has 0 saturated carbocycles. The van der Waals surface area contributed by atoms with E-state index in [2.05, 4.69) is 35.3 Å². The normalized spacial score (nSPS) is 14.5. The van der Waals surface area contributed by atoms with E-state index < -0.39 is 0 Å². The zero-order valence-electron chi connectivity index (χ0n) is 15.3. The standard InChI is InChI=1S/C21H25N3O2/c1-17-7-9-18(10-8-17)11-12-22-21(25)24-15-13-23(14-16-24)19-5-3-4-6-20(19)26-2/h3-12H,13-16H2,1-2H3,(H,22,25)/b12-11+. The number of methoxy groups -OCH3 is 1. The summed E-state index contributed by atoms with van der Waals surface area (Å²) in [4.78, 5) is 16.4. The average molecular weight is 351 g/mol. The summed E-state index contributed by atoms with van der Waals surface area (Å²) in [5, 5.41) is 2.86. The first-order chi connectivity index (χ1) is 12.7. The van der Waals surface area contributed by atoms with E-state index in [-0.39, 0.29) is 6.03 Å². The van der Waals surface area contributed by atoms with Gasteiger partial charge in [0.2, 0.25) is 0 Å². The zero-order chi connectivity index (χ0) is 18.4. The van der Waals surface area contributed by atoms with Crippen molar-refractivity contribution < 1.29 is 9.53 Å². The molecule has 2 amide bonds. The van der Waals surface area contributed by atoms with Crippen LogP contribution in [0.2, 0.25) is 0 Å². The molecule has 0 aliphatic carbocycles. The van der Waals surface area contributed by atoms with Gasteiger partial charge >= 0.3 is 6.03 Å². The molecule has 0 unspecified atom stereocenters. The molecule has 136 valence electrons. The molecule has 1 N–H and O–H groups in total. The minimum atomic E-state index is -0.0620. The molecular weight excluding hydrogens is 326 g/mol. The van der Waals surface area contributed by atoms with Crippen LogP contribution in [-0.4, -0.2) is 44.2 Å². The van der Waals surface area contributed by atoms with Gasteiger partial charge in [-0.05, 0) is 30.7 Å². The van der Waals surface area contributed by atoms with Gasteiger partial charge in [0, 0.05) is 32.4 Å². The van der Waals surface area contributed by atoms with Crippen LogP contribution >= 0.6 is 0 Å². The maximum absolute atomic E-state index is 12.3. The summed E-state index contributed by atoms with van der Waals surface area (Å²) in [6, 6.07) is 16.1. The third kappa shape index (κ3) is 4.36. The van der Waals surface area contributed by atoms with Gasteiger partial charge in [-0.25, -0.2) is 4.79 Å². The van der Waals surface area contributed by atoms with Gasteiger partial charge in [0.05, 0.1) is 12.8 Å². The van der Waals surface area contributed by atoms with Crippen molar-refractivity contribution in [3.8, 4) is 5.75 Å². The highest BCUT2D eigenvalue weighted by Gasteiger charge is 2.22. The van der Waals surface area contributed by atoms with Crippen LogP contribution < -0.4 is 15.0 Å². The molecular formula is C21H25N3O2. The van der Waals surface area contributed by atoms with E-state index in [1.54, 1.807) is 13.3 Å². The summed E-state index contributed by atoms with van der Waals surface area (Å²) < 4.78 is 5.43. The van der Waals surface area contributed by atoms with Crippen LogP contribution in [-0.2, 0) is 0 Å². The maximum atomic E-state index is 12.3. The van der Waals surface area contributed by atoms with Crippen molar-refractivity contribution in [2.75, 3.05) is 38.2 Å². The predicted molar refractivity (Wildman–Crippen MR) is 106 cm³/mol. The Morgan fingerprint density at radius 1 is 1.04 bits per heavy atom. The van der Waals surface area contributed by atoms with Crippen LogP contribution in [0.5, 0.6) is 5.75 Å². The molecule has 5 heteroatoms. The summed E-state index contributed by atoms with van der Waals surface area (Å²) in [5.41, 5.74) is 3.37. The highest BCUT2D eigenvalue weighted by molar-refractivity contribution is 5.76. The number of anilines is 1. The summed E-state index contributed by atoms with van der Waals surface area (Å²) in [5.74, 6) is 0.867. The molecule has 3 rings (SSSR count). The second kappa shape index (κ2) is 8.43. The van der Waals surface area contributed by atoms with E-state index in [0.29, 0.717) is 13.1 Å². The van der Waals surface area contributed by atoms with Crippen molar-refractivity contribution in [2.45, 2.75) is 6.92 Å². The smallest absolute Gasteiger partial charge is 0.321 e. The summed E-state index contributed by atoms with van der Waals surface area (Å²) in [7, 11) is 1.68. The number of urea groups is 1. The third-order valence-corrected chi connectivity index (χ3v) is 4.55. The molecule has 5 nitrogen and oxygen atoms in total. The number of benzene rings is 2. The number of rotatable bonds is 4. The van der Waals surface area contributed by atoms with E-state index in [4.69, 9.17) is 4.74 Å². The SMILES string of the molecule is COc1ccccc1N1CCN(C(=O)N/C=C/c2ccc(C)cc2)CC1. The van der Waals surface area contributed by atoms with Gasteiger partial charge in [-0.15, -0.1) is 0 Å². The number of hydrogen-bond acceptors (Lipinski definition) is 3. The average Bonchev–Trinajstić information content (AvgIpc) is 2.69. The number of para-hydroxylation sites is 2. The van der Waals surface area contributed by atoms with Gasteiger partial charge in [0.15, 0.2) is 0 Å². The second-order valence-corrected chi connectivity index (χ2v) is 6.34. The second-order valence-electron chi connectivity index (χ2n) is 6.34. The lowest BCUT2D eigenvalue weighted by Crippen LogP contribution is -2.51. The van der Waals surface area contributed by atoms with Crippen molar-refractivity contribution in [2.24, 2.45) is 0 Å². The Hall–Kier alpha value is -2.95. The fourth-order valence-electron chi connectivity index (χ4n) is 3.02. The predicted octanol–water partition coefficient (Wildman–Crippen LogP) is 3.51. The number of nitrogens with zero attached hydrogens (tertiary/aromatic N) is 2. The molecule has 0 spiro atoms. The van der Waals surface area contributed by atoms with Crippen molar-refractivity contribution >= 4 is 17.8 Å². The van der Waals surface area contributed by atoms with E-state index in [1.165, 1.54) is 5.56 Å². The van der Waals surface area contributed by atoms with Crippen molar-refractivity contribution in [3.05, 3.63) is 65.9 Å². The third-order valence-electron chi connectivity index (χ3n) is 4.55. The Bertz CT molecular complexity index is 763. The quantitative estimate of drug-likeness (QED) is 0.917. The molecule has 26 heavy (non-hydrogen) atoms. The summed E-state index contributed by atoms with van der Waals surface area (Å²) >= 11 is 0. The van der Waals surface area contributed by atoms with Crippen molar-refractivity contribution in [1.82, 2.24) is 10.2 Å². The molecule has 0 aromatic heterocycles. The van der Waals surface area contributed by atoms with Crippen LogP contribution in [0.3, 0.4) is 0 Å². The summed E-state index contributed by atoms with van der Waals surface area (Å²) in [6.45, 7) is 5.00. The zero-order valence-corrected chi connectivity index (χ0v) is 15.3. The van der Waals surface area contributed by atoms with Gasteiger partial charge in [0.1, 0.15) is 5.75 Å². The molecule has 0 bridgehead atoms. The lowest BCUT2D eigenvalue weighted by molar-refractivity contribution is 0.198. The topological polar surface area (TPSA) is 44.8 Å². The Morgan fingerprint density at radius 3 is 2.42 bits per heavy atom. The first-order valence-corrected chi connectivity index (χ1v) is 8.84. The van der Waals surface area contributed by atoms with Crippen LogP contribution in [0.1, 0.15) is 11.1 Å². The molecule has 1 saturated heterocycles. The molecule has 1 heterocycles. The number of carbonyl (C=O) groups is 1. The van der Waals surface area contributed by atoms with E-state index in [1.807, 2.05) is 41.3 Å². The molecule has 0 radical (unpaired) electrons. The fraction of sp³-hybridized carbons (Fsp3) is 0.286. The summed E-state index contributed by atoms with van der Waals surface area (Å²) in [6.07, 6.45) is 3.61. The van der Waals surface area contributed by atoms with E-state index >= 15 is 0 Å². The number of amides is 2. The first-order valence-electron chi connectivity index (χ1n) is 8.84. The molecule has 2 aromatic rings. The largest absolute Gasteiger partial charge is 0.495 e.